The van der Waals surface area contributed by atoms with Crippen molar-refractivity contribution in [2.24, 2.45) is 0 Å². The van der Waals surface area contributed by atoms with Crippen LogP contribution in [0, 0.1) is 6.92 Å². The predicted octanol–water partition coefficient (Wildman–Crippen LogP) is 2.41. The van der Waals surface area contributed by atoms with Gasteiger partial charge in [-0.1, -0.05) is 17.7 Å². The van der Waals surface area contributed by atoms with E-state index in [1.165, 1.54) is 12.3 Å². The van der Waals surface area contributed by atoms with E-state index in [1.807, 2.05) is 31.2 Å². The van der Waals surface area contributed by atoms with E-state index in [4.69, 9.17) is 10.8 Å². The van der Waals surface area contributed by atoms with Crippen LogP contribution in [0.4, 0.5) is 17.2 Å². The molecule has 5 heteroatoms. The number of nitrogens with zero attached hydrogens (tertiary/aromatic N) is 1. The van der Waals surface area contributed by atoms with Crippen LogP contribution in [0.15, 0.2) is 36.5 Å². The van der Waals surface area contributed by atoms with Gasteiger partial charge in [-0.05, 0) is 25.1 Å². The first kappa shape index (κ1) is 11.9. The van der Waals surface area contributed by atoms with Crippen molar-refractivity contribution in [3.8, 4) is 0 Å². The van der Waals surface area contributed by atoms with E-state index in [-0.39, 0.29) is 11.4 Å². The molecule has 2 rings (SSSR count). The average molecular weight is 243 g/mol. The Kier molecular flexibility index (Phi) is 3.14. The lowest BCUT2D eigenvalue weighted by Gasteiger charge is -2.09. The number of hydrogen-bond acceptors (Lipinski definition) is 4. The van der Waals surface area contributed by atoms with E-state index in [0.717, 1.165) is 11.3 Å². The molecule has 18 heavy (non-hydrogen) atoms. The van der Waals surface area contributed by atoms with Crippen molar-refractivity contribution in [2.45, 2.75) is 6.92 Å². The molecule has 1 aromatic heterocycles. The van der Waals surface area contributed by atoms with Gasteiger partial charge in [0.25, 0.3) is 0 Å². The van der Waals surface area contributed by atoms with Gasteiger partial charge in [-0.15, -0.1) is 0 Å². The first-order valence-electron chi connectivity index (χ1n) is 5.39. The highest BCUT2D eigenvalue weighted by Gasteiger charge is 2.11. The topological polar surface area (TPSA) is 88.2 Å². The second kappa shape index (κ2) is 4.75. The Morgan fingerprint density at radius 2 is 2.00 bits per heavy atom. The lowest BCUT2D eigenvalue weighted by atomic mass is 10.2. The predicted molar refractivity (Wildman–Crippen MR) is 70.1 cm³/mol. The number of nitrogens with one attached hydrogen (secondary N) is 1. The molecule has 0 saturated heterocycles. The minimum Gasteiger partial charge on any atom is -0.478 e. The lowest BCUT2D eigenvalue weighted by Crippen LogP contribution is -2.05. The fraction of sp³-hybridized carbons (Fsp3) is 0.0769. The molecule has 2 aromatic rings. The van der Waals surface area contributed by atoms with Gasteiger partial charge in [0.2, 0.25) is 0 Å². The van der Waals surface area contributed by atoms with E-state index in [2.05, 4.69) is 10.3 Å². The Hall–Kier alpha value is -2.56. The Balaban J connectivity index is 2.34. The number of carboxylic acid groups (broad SMARTS) is 1. The Bertz CT molecular complexity index is 579. The summed E-state index contributed by atoms with van der Waals surface area (Å²) in [7, 11) is 0. The number of nitrogens with two attached hydrogens (primary N) is 1. The van der Waals surface area contributed by atoms with Crippen molar-refractivity contribution in [2.75, 3.05) is 11.1 Å². The van der Waals surface area contributed by atoms with Gasteiger partial charge in [-0.25, -0.2) is 9.78 Å². The van der Waals surface area contributed by atoms with Gasteiger partial charge < -0.3 is 16.2 Å². The van der Waals surface area contributed by atoms with Crippen LogP contribution in [0.25, 0.3) is 0 Å². The number of rotatable bonds is 3. The summed E-state index contributed by atoms with van der Waals surface area (Å²) in [6.45, 7) is 1.98. The molecule has 4 N–H and O–H groups in total. The Labute approximate surface area is 104 Å². The minimum absolute atomic E-state index is 0.100. The van der Waals surface area contributed by atoms with Gasteiger partial charge in [0.1, 0.15) is 5.82 Å². The number of carbonyl (C=O) groups is 1. The third-order valence-electron chi connectivity index (χ3n) is 2.49. The van der Waals surface area contributed by atoms with Gasteiger partial charge in [0.05, 0.1) is 17.4 Å². The van der Waals surface area contributed by atoms with E-state index in [0.29, 0.717) is 5.69 Å². The van der Waals surface area contributed by atoms with E-state index in [9.17, 15) is 4.79 Å². The molecular weight excluding hydrogens is 230 g/mol. The quantitative estimate of drug-likeness (QED) is 0.770. The molecule has 0 unspecified atom stereocenters. The number of pyridine rings is 1. The normalized spacial score (nSPS) is 10.1. The summed E-state index contributed by atoms with van der Waals surface area (Å²) < 4.78 is 0. The van der Waals surface area contributed by atoms with Crippen LogP contribution in [0.5, 0.6) is 0 Å². The molecule has 0 aliphatic rings. The number of benzene rings is 1. The van der Waals surface area contributed by atoms with Crippen LogP contribution in [-0.2, 0) is 0 Å². The zero-order valence-electron chi connectivity index (χ0n) is 9.84. The number of anilines is 3. The van der Waals surface area contributed by atoms with Gasteiger partial charge in [-0.2, -0.15) is 0 Å². The third-order valence-corrected chi connectivity index (χ3v) is 2.49. The van der Waals surface area contributed by atoms with Crippen molar-refractivity contribution in [1.29, 1.82) is 0 Å². The fourth-order valence-corrected chi connectivity index (χ4v) is 1.54. The van der Waals surface area contributed by atoms with Crippen molar-refractivity contribution >= 4 is 23.2 Å². The van der Waals surface area contributed by atoms with Gasteiger partial charge in [0.15, 0.2) is 0 Å². The summed E-state index contributed by atoms with van der Waals surface area (Å²) in [6, 6.07) is 8.95. The largest absolute Gasteiger partial charge is 0.478 e. The summed E-state index contributed by atoms with van der Waals surface area (Å²) in [5.74, 6) is -0.861. The highest BCUT2D eigenvalue weighted by molar-refractivity contribution is 5.95. The van der Waals surface area contributed by atoms with Crippen molar-refractivity contribution in [1.82, 2.24) is 4.98 Å². The molecule has 1 aromatic carbocycles. The zero-order valence-corrected chi connectivity index (χ0v) is 9.84. The molecule has 1 heterocycles. The molecular formula is C13H13N3O2. The number of hydrogen-bond donors (Lipinski definition) is 3. The van der Waals surface area contributed by atoms with Crippen LogP contribution < -0.4 is 11.1 Å². The SMILES string of the molecule is Cc1ccc(Nc2cnc(N)cc2C(=O)O)cc1. The third kappa shape index (κ3) is 2.57. The van der Waals surface area contributed by atoms with Crippen molar-refractivity contribution in [3.63, 3.8) is 0 Å². The van der Waals surface area contributed by atoms with Crippen LogP contribution in [-0.4, -0.2) is 16.1 Å². The maximum absolute atomic E-state index is 11.1. The van der Waals surface area contributed by atoms with Gasteiger partial charge in [0, 0.05) is 5.69 Å². The van der Waals surface area contributed by atoms with Crippen LogP contribution in [0.3, 0.4) is 0 Å². The standard InChI is InChI=1S/C13H13N3O2/c1-8-2-4-9(5-3-8)16-11-7-15-12(14)6-10(11)13(17)18/h2-7,16H,1H3,(H2,14,15)(H,17,18). The van der Waals surface area contributed by atoms with Crippen molar-refractivity contribution < 1.29 is 9.90 Å². The second-order valence-corrected chi connectivity index (χ2v) is 3.95. The van der Waals surface area contributed by atoms with Crippen LogP contribution in [0.2, 0.25) is 0 Å². The summed E-state index contributed by atoms with van der Waals surface area (Å²) in [5, 5.41) is 12.1. The molecule has 0 bridgehead atoms. The molecule has 0 saturated carbocycles. The highest BCUT2D eigenvalue weighted by Crippen LogP contribution is 2.21. The van der Waals surface area contributed by atoms with E-state index in [1.54, 1.807) is 0 Å². The molecule has 0 aliphatic carbocycles. The molecule has 0 aliphatic heterocycles. The van der Waals surface area contributed by atoms with Crippen LogP contribution >= 0.6 is 0 Å². The molecule has 0 atom stereocenters. The van der Waals surface area contributed by atoms with E-state index < -0.39 is 5.97 Å². The molecule has 0 radical (unpaired) electrons. The fourth-order valence-electron chi connectivity index (χ4n) is 1.54. The highest BCUT2D eigenvalue weighted by atomic mass is 16.4. The molecule has 0 fully saturated rings. The minimum atomic E-state index is -1.04. The zero-order chi connectivity index (χ0) is 13.1. The number of nitrogen functional groups attached to an aromatic ring is 1. The summed E-state index contributed by atoms with van der Waals surface area (Å²) in [6.07, 6.45) is 1.42. The maximum atomic E-state index is 11.1. The number of aromatic nitrogens is 1. The first-order chi connectivity index (χ1) is 8.56. The Morgan fingerprint density at radius 3 is 2.61 bits per heavy atom. The smallest absolute Gasteiger partial charge is 0.338 e. The van der Waals surface area contributed by atoms with Crippen molar-refractivity contribution in [3.05, 3.63) is 47.7 Å². The molecule has 0 amide bonds. The second-order valence-electron chi connectivity index (χ2n) is 3.95. The average Bonchev–Trinajstić information content (AvgIpc) is 2.34. The molecule has 0 spiro atoms. The summed E-state index contributed by atoms with van der Waals surface area (Å²) >= 11 is 0. The monoisotopic (exact) mass is 243 g/mol. The lowest BCUT2D eigenvalue weighted by molar-refractivity contribution is 0.0698. The molecule has 92 valence electrons. The number of carboxylic acids is 1. The number of aryl methyl sites for hydroxylation is 1. The van der Waals surface area contributed by atoms with Crippen LogP contribution in [0.1, 0.15) is 15.9 Å². The Morgan fingerprint density at radius 1 is 1.33 bits per heavy atom. The summed E-state index contributed by atoms with van der Waals surface area (Å²) in [5.41, 5.74) is 7.93. The van der Waals surface area contributed by atoms with Gasteiger partial charge in [-0.3, -0.25) is 0 Å². The number of aromatic carboxylic acids is 1. The maximum Gasteiger partial charge on any atom is 0.338 e. The summed E-state index contributed by atoms with van der Waals surface area (Å²) in [4.78, 5) is 15.0. The van der Waals surface area contributed by atoms with E-state index >= 15 is 0 Å². The molecule has 5 nitrogen and oxygen atoms in total. The first-order valence-corrected chi connectivity index (χ1v) is 5.39. The van der Waals surface area contributed by atoms with Gasteiger partial charge >= 0.3 is 5.97 Å².